The molecule has 27 heteroatoms. The summed E-state index contributed by atoms with van der Waals surface area (Å²) in [6.07, 6.45) is -0.100. The standard InChI is InChI=1S/C9H6BrNO3.C9H7NO3.C9H6O3.C8H6BrNO.C2H4O2.Br2.ClH.H3NO.H2O4S.H2/c10-7(9(12)13)8-5-3-1-2-4-6(5)14-11-8;11-9(12)5-7-6-3-1-2-4-8(6)13-10-7;10-7-5-9(11)12-8-4-2-1-3-6(7)8;9-5-7-6-3-1-2-4-8(6)11-10-7;1-2(3)4;1-2;;1-2;1-5(2,3)4;/h1-4,7H,(H,12,13);1-4H,5H2,(H,11,12);1-5,10H;1-4H,5H2;1H3,(H,3,4);;1H;2H,1H2;(H2,1,2,3,4);1H/i;;;;;;;;;1+1. The molecule has 0 saturated carbocycles. The van der Waals surface area contributed by atoms with E-state index in [0.29, 0.717) is 33.5 Å². The number of aromatic nitrogens is 3. The average Bonchev–Trinajstić information content (AvgIpc) is 3.99. The Morgan fingerprint density at radius 1 is 0.703 bits per heavy atom. The molecule has 4 heterocycles. The van der Waals surface area contributed by atoms with Gasteiger partial charge in [0.25, 0.3) is 5.97 Å². The van der Waals surface area contributed by atoms with Crippen molar-refractivity contribution in [3.05, 3.63) is 131 Å². The second-order valence-corrected chi connectivity index (χ2v) is 13.5. The molecule has 0 saturated heterocycles. The lowest BCUT2D eigenvalue weighted by Crippen LogP contribution is -2.04. The van der Waals surface area contributed by atoms with Gasteiger partial charge in [-0.15, -0.1) is 12.4 Å². The van der Waals surface area contributed by atoms with E-state index in [9.17, 15) is 19.5 Å². The quantitative estimate of drug-likeness (QED) is 0.0344. The number of carboxylic acid groups (broad SMARTS) is 3. The van der Waals surface area contributed by atoms with Crippen molar-refractivity contribution in [1.29, 1.82) is 0 Å². The molecule has 0 amide bonds. The van der Waals surface area contributed by atoms with Crippen molar-refractivity contribution in [1.82, 2.24) is 15.5 Å². The van der Waals surface area contributed by atoms with Crippen LogP contribution in [-0.2, 0) is 36.5 Å². The first-order valence-electron chi connectivity index (χ1n) is 16.6. The Morgan fingerprint density at radius 2 is 1.06 bits per heavy atom. The second-order valence-electron chi connectivity index (χ2n) is 11.1. The molecule has 1 unspecified atom stereocenters. The van der Waals surface area contributed by atoms with Crippen LogP contribution in [0.25, 0.3) is 43.9 Å². The molecule has 0 fully saturated rings. The van der Waals surface area contributed by atoms with Crippen molar-refractivity contribution in [2.24, 2.45) is 5.90 Å². The number of para-hydroxylation sites is 4. The maximum Gasteiger partial charge on any atom is 0.394 e. The summed E-state index contributed by atoms with van der Waals surface area (Å²) in [4.78, 5) is 40.1. The smallest absolute Gasteiger partial charge is 0.394 e. The van der Waals surface area contributed by atoms with Crippen molar-refractivity contribution in [3.8, 4) is 5.75 Å². The highest BCUT2D eigenvalue weighted by Crippen LogP contribution is 2.29. The van der Waals surface area contributed by atoms with Crippen LogP contribution in [0.4, 0.5) is 0 Å². The Bertz CT molecular complexity index is 2830. The highest BCUT2D eigenvalue weighted by Gasteiger charge is 2.22. The van der Waals surface area contributed by atoms with E-state index in [4.69, 9.17) is 60.8 Å². The molecular weight excluding hydrogens is 1160 g/mol. The second kappa shape index (κ2) is 30.7. The number of hydrogen-bond acceptors (Lipinski definition) is 16. The number of aromatic hydroxyl groups is 1. The zero-order valence-electron chi connectivity index (χ0n) is 32.3. The van der Waals surface area contributed by atoms with Crippen LogP contribution in [0.2, 0.25) is 0 Å². The van der Waals surface area contributed by atoms with E-state index in [1.807, 2.05) is 42.5 Å². The summed E-state index contributed by atoms with van der Waals surface area (Å²) in [5.74, 6) is 0.741. The maximum atomic E-state index is 10.8. The summed E-state index contributed by atoms with van der Waals surface area (Å²) in [5.41, 5.74) is 3.76. The Hall–Kier alpha value is -5.29. The van der Waals surface area contributed by atoms with Crippen LogP contribution in [0.5, 0.6) is 5.75 Å². The molecule has 0 bridgehead atoms. The molecule has 9 N–H and O–H groups in total. The first-order chi connectivity index (χ1) is 29.9. The van der Waals surface area contributed by atoms with Gasteiger partial charge in [0.2, 0.25) is 0 Å². The number of halogens is 5. The van der Waals surface area contributed by atoms with E-state index >= 15 is 0 Å². The number of fused-ring (bicyclic) bond motifs is 4. The van der Waals surface area contributed by atoms with Gasteiger partial charge in [0.1, 0.15) is 28.4 Å². The summed E-state index contributed by atoms with van der Waals surface area (Å²) in [6, 6.07) is 30.0. The average molecular weight is 1200 g/mol. The van der Waals surface area contributed by atoms with E-state index in [-0.39, 0.29) is 26.0 Å². The van der Waals surface area contributed by atoms with Gasteiger partial charge in [-0.2, -0.15) is 8.42 Å². The third kappa shape index (κ3) is 20.9. The SMILES string of the molecule is BrBr.BrCc1noc2ccccc12.CC(=O)O.Cl.NO.O=C(O)C(Br)c1noc2ccccc12.O=C(O)Cc1noc2ccccc12.O=S(=O)(O)O.O=c1cc(O)c2ccccc2o1.[2HH]. The van der Waals surface area contributed by atoms with Gasteiger partial charge in [-0.3, -0.25) is 23.5 Å². The third-order valence-electron chi connectivity index (χ3n) is 6.84. The molecule has 8 aromatic rings. The zero-order valence-corrected chi connectivity index (χ0v) is 40.2. The first kappa shape index (κ1) is 58.7. The fraction of sp³-hybridized carbons (Fsp3) is 0.108. The largest absolute Gasteiger partial charge is 0.507 e. The summed E-state index contributed by atoms with van der Waals surface area (Å²) in [7, 11) is -4.67. The normalized spacial score (nSPS) is 10.2. The van der Waals surface area contributed by atoms with Gasteiger partial charge in [0.05, 0.1) is 17.9 Å². The number of carbonyl (C=O) groups is 3. The lowest BCUT2D eigenvalue weighted by Gasteiger charge is -1.98. The van der Waals surface area contributed by atoms with Crippen molar-refractivity contribution >= 4 is 145 Å². The van der Waals surface area contributed by atoms with Crippen LogP contribution in [0.3, 0.4) is 0 Å². The first-order valence-corrected chi connectivity index (χ1v) is 23.7. The summed E-state index contributed by atoms with van der Waals surface area (Å²) < 4.78 is 51.4. The van der Waals surface area contributed by atoms with Gasteiger partial charge < -0.3 is 43.6 Å². The Morgan fingerprint density at radius 3 is 1.50 bits per heavy atom. The van der Waals surface area contributed by atoms with Crippen LogP contribution < -0.4 is 11.5 Å². The molecule has 348 valence electrons. The molecule has 0 aliphatic rings. The van der Waals surface area contributed by atoms with Gasteiger partial charge in [-0.1, -0.05) is 95.9 Å². The Balaban J connectivity index is 0. The molecule has 4 aromatic carbocycles. The predicted molar refractivity (Wildman–Crippen MR) is 250 cm³/mol. The number of nitrogens with two attached hydrogens (primary N) is 1. The van der Waals surface area contributed by atoms with Gasteiger partial charge in [-0.05, 0) is 48.5 Å². The van der Waals surface area contributed by atoms with E-state index < -0.39 is 38.8 Å². The van der Waals surface area contributed by atoms with Crippen LogP contribution >= 0.6 is 72.5 Å². The molecule has 21 nitrogen and oxygen atoms in total. The van der Waals surface area contributed by atoms with E-state index in [1.165, 1.54) is 0 Å². The minimum Gasteiger partial charge on any atom is -0.507 e. The monoisotopic (exact) mass is 1190 g/mol. The van der Waals surface area contributed by atoms with Gasteiger partial charge >= 0.3 is 28.0 Å². The molecule has 1 atom stereocenters. The molecule has 0 aliphatic heterocycles. The predicted octanol–water partition coefficient (Wildman–Crippen LogP) is 9.16. The maximum absolute atomic E-state index is 10.8. The molecule has 0 aliphatic carbocycles. The van der Waals surface area contributed by atoms with Crippen LogP contribution in [0, 0.1) is 0 Å². The minimum atomic E-state index is -4.67. The van der Waals surface area contributed by atoms with Gasteiger partial charge in [0.15, 0.2) is 21.6 Å². The van der Waals surface area contributed by atoms with Crippen LogP contribution in [0.1, 0.15) is 30.3 Å². The molecular formula is C37H37Br4ClN4O17S. The van der Waals surface area contributed by atoms with Gasteiger partial charge in [-0.25, -0.2) is 10.7 Å². The van der Waals surface area contributed by atoms with Gasteiger partial charge in [0, 0.05) is 58.1 Å². The highest BCUT2D eigenvalue weighted by molar-refractivity contribution is 9.93. The van der Waals surface area contributed by atoms with Crippen LogP contribution in [0.15, 0.2) is 126 Å². The number of alkyl halides is 2. The number of aliphatic carboxylic acids is 3. The number of hydrogen-bond donors (Lipinski definition) is 8. The van der Waals surface area contributed by atoms with E-state index in [0.717, 1.165) is 45.8 Å². The lowest BCUT2D eigenvalue weighted by atomic mass is 10.2. The topological polar surface area (TPSA) is 361 Å². The number of nitrogens with zero attached hydrogens (tertiary/aromatic N) is 3. The van der Waals surface area contributed by atoms with Crippen molar-refractivity contribution in [3.63, 3.8) is 0 Å². The molecule has 64 heavy (non-hydrogen) atoms. The zero-order chi connectivity index (χ0) is 47.7. The fourth-order valence-electron chi connectivity index (χ4n) is 4.54. The number of benzene rings is 4. The lowest BCUT2D eigenvalue weighted by molar-refractivity contribution is -0.137. The summed E-state index contributed by atoms with van der Waals surface area (Å²) in [5, 5.41) is 55.7. The third-order valence-corrected chi connectivity index (χ3v) is 8.20. The van der Waals surface area contributed by atoms with Crippen molar-refractivity contribution in [2.75, 3.05) is 0 Å². The summed E-state index contributed by atoms with van der Waals surface area (Å²) in [6.45, 7) is 1.08. The van der Waals surface area contributed by atoms with Crippen molar-refractivity contribution in [2.45, 2.75) is 23.5 Å². The molecule has 0 spiro atoms. The van der Waals surface area contributed by atoms with E-state index in [2.05, 4.69) is 81.5 Å². The number of rotatable bonds is 5. The molecule has 0 radical (unpaired) electrons. The fourth-order valence-corrected chi connectivity index (χ4v) is 5.28. The minimum absolute atomic E-state index is 0. The number of carboxylic acids is 3. The molecule has 8 rings (SSSR count). The van der Waals surface area contributed by atoms with E-state index in [1.54, 1.807) is 54.6 Å². The Labute approximate surface area is 400 Å². The van der Waals surface area contributed by atoms with Crippen molar-refractivity contribution < 1.29 is 77.0 Å². The Kier molecular flexibility index (Phi) is 28.2. The summed E-state index contributed by atoms with van der Waals surface area (Å²) >= 11 is 11.9. The van der Waals surface area contributed by atoms with Crippen LogP contribution in [-0.4, -0.2) is 76.5 Å². The highest BCUT2D eigenvalue weighted by atomic mass is 80.9. The molecule has 4 aromatic heterocycles.